The third kappa shape index (κ3) is 4.13. The Morgan fingerprint density at radius 2 is 1.92 bits per heavy atom. The van der Waals surface area contributed by atoms with E-state index >= 15 is 0 Å². The zero-order valence-corrected chi connectivity index (χ0v) is 14.4. The van der Waals surface area contributed by atoms with Crippen LogP contribution in [0.4, 0.5) is 17.5 Å². The minimum atomic E-state index is 0.432. The van der Waals surface area contributed by atoms with Crippen molar-refractivity contribution in [2.75, 3.05) is 10.6 Å². The molecule has 1 heterocycles. The Hall–Kier alpha value is -2.37. The van der Waals surface area contributed by atoms with Crippen LogP contribution in [0.5, 0.6) is 0 Å². The summed E-state index contributed by atoms with van der Waals surface area (Å²) in [5.41, 5.74) is 3.05. The van der Waals surface area contributed by atoms with Gasteiger partial charge in [-0.1, -0.05) is 47.5 Å². The molecule has 0 amide bonds. The number of halogens is 2. The zero-order chi connectivity index (χ0) is 16.9. The number of nitrogens with one attached hydrogen (secondary N) is 2. The molecule has 2 N–H and O–H groups in total. The Labute approximate surface area is 150 Å². The molecule has 3 rings (SSSR count). The molecule has 0 atom stereocenters. The van der Waals surface area contributed by atoms with Crippen LogP contribution in [0.3, 0.4) is 0 Å². The predicted octanol–water partition coefficient (Wildman–Crippen LogP) is 4.84. The summed E-state index contributed by atoms with van der Waals surface area (Å²) in [7, 11) is 0. The maximum atomic E-state index is 6.14. The van der Waals surface area contributed by atoms with Gasteiger partial charge in [0.15, 0.2) is 5.82 Å². The Morgan fingerprint density at radius 1 is 1.08 bits per heavy atom. The number of benzene rings is 2. The second-order valence-electron chi connectivity index (χ2n) is 5.19. The fraction of sp³-hybridized carbons (Fsp3) is 0.118. The van der Waals surface area contributed by atoms with Gasteiger partial charge in [0.2, 0.25) is 5.95 Å². The van der Waals surface area contributed by atoms with Crippen molar-refractivity contribution in [3.8, 4) is 0 Å². The van der Waals surface area contributed by atoms with Crippen molar-refractivity contribution in [3.63, 3.8) is 0 Å². The summed E-state index contributed by atoms with van der Waals surface area (Å²) in [6.45, 7) is 2.69. The van der Waals surface area contributed by atoms with Crippen molar-refractivity contribution in [1.29, 1.82) is 0 Å². The highest BCUT2D eigenvalue weighted by Crippen LogP contribution is 2.27. The highest BCUT2D eigenvalue weighted by Gasteiger charge is 2.05. The lowest BCUT2D eigenvalue weighted by molar-refractivity contribution is 0.946. The Balaban J connectivity index is 1.72. The first-order chi connectivity index (χ1) is 11.6. The van der Waals surface area contributed by atoms with Crippen LogP contribution in [0.25, 0.3) is 0 Å². The lowest BCUT2D eigenvalue weighted by Crippen LogP contribution is -2.07. The van der Waals surface area contributed by atoms with Gasteiger partial charge in [-0.05, 0) is 36.2 Å². The van der Waals surface area contributed by atoms with Crippen molar-refractivity contribution < 1.29 is 0 Å². The van der Waals surface area contributed by atoms with E-state index in [2.05, 4.69) is 44.9 Å². The smallest absolute Gasteiger partial charge is 0.244 e. The van der Waals surface area contributed by atoms with Crippen LogP contribution in [0.15, 0.2) is 48.7 Å². The van der Waals surface area contributed by atoms with Crippen LogP contribution in [-0.2, 0) is 6.54 Å². The molecule has 0 saturated heterocycles. The number of hydrogen-bond donors (Lipinski definition) is 2. The minimum Gasteiger partial charge on any atom is -0.349 e. The van der Waals surface area contributed by atoms with E-state index < -0.39 is 0 Å². The molecular formula is C17H15Cl2N5. The van der Waals surface area contributed by atoms with Crippen LogP contribution in [0.2, 0.25) is 10.0 Å². The minimum absolute atomic E-state index is 0.432. The van der Waals surface area contributed by atoms with Gasteiger partial charge in [-0.15, -0.1) is 5.10 Å². The summed E-state index contributed by atoms with van der Waals surface area (Å²) in [5.74, 6) is 0.961. The molecule has 3 aromatic rings. The lowest BCUT2D eigenvalue weighted by atomic mass is 10.1. The molecular weight excluding hydrogens is 345 g/mol. The second-order valence-corrected chi connectivity index (χ2v) is 6.04. The molecule has 5 nitrogen and oxygen atoms in total. The normalized spacial score (nSPS) is 10.5. The highest BCUT2D eigenvalue weighted by atomic mass is 35.5. The zero-order valence-electron chi connectivity index (χ0n) is 12.9. The first-order valence-electron chi connectivity index (χ1n) is 7.32. The van der Waals surface area contributed by atoms with E-state index in [1.54, 1.807) is 18.2 Å². The standard InChI is InChI=1S/C17H15Cl2N5/c1-11-4-2-3-5-12(11)9-20-17-23-16(10-21-24-17)22-15-8-13(18)6-7-14(15)19/h2-8,10H,9H2,1H3,(H2,20,22,23,24). The third-order valence-electron chi connectivity index (χ3n) is 3.45. The maximum Gasteiger partial charge on any atom is 0.244 e. The average Bonchev–Trinajstić information content (AvgIpc) is 2.58. The Morgan fingerprint density at radius 3 is 2.75 bits per heavy atom. The number of hydrogen-bond acceptors (Lipinski definition) is 5. The summed E-state index contributed by atoms with van der Waals surface area (Å²) >= 11 is 12.1. The average molecular weight is 360 g/mol. The molecule has 0 unspecified atom stereocenters. The largest absolute Gasteiger partial charge is 0.349 e. The molecule has 2 aromatic carbocycles. The van der Waals surface area contributed by atoms with Crippen LogP contribution in [-0.4, -0.2) is 15.2 Å². The highest BCUT2D eigenvalue weighted by molar-refractivity contribution is 6.35. The summed E-state index contributed by atoms with van der Waals surface area (Å²) in [4.78, 5) is 4.39. The van der Waals surface area contributed by atoms with Crippen molar-refractivity contribution in [2.45, 2.75) is 13.5 Å². The van der Waals surface area contributed by atoms with Crippen molar-refractivity contribution in [1.82, 2.24) is 15.2 Å². The Kier molecular flexibility index (Phi) is 5.13. The maximum absolute atomic E-state index is 6.14. The van der Waals surface area contributed by atoms with E-state index in [1.165, 1.54) is 17.3 Å². The number of anilines is 3. The molecule has 24 heavy (non-hydrogen) atoms. The second kappa shape index (κ2) is 7.47. The van der Waals surface area contributed by atoms with Gasteiger partial charge in [0.1, 0.15) is 0 Å². The molecule has 0 aliphatic heterocycles. The van der Waals surface area contributed by atoms with E-state index in [9.17, 15) is 0 Å². The van der Waals surface area contributed by atoms with Gasteiger partial charge in [-0.25, -0.2) is 0 Å². The van der Waals surface area contributed by atoms with E-state index in [-0.39, 0.29) is 0 Å². The molecule has 122 valence electrons. The molecule has 0 spiro atoms. The number of aromatic nitrogens is 3. The van der Waals surface area contributed by atoms with Crippen LogP contribution in [0.1, 0.15) is 11.1 Å². The summed E-state index contributed by atoms with van der Waals surface area (Å²) in [5, 5.41) is 15.3. The topological polar surface area (TPSA) is 62.7 Å². The molecule has 0 radical (unpaired) electrons. The SMILES string of the molecule is Cc1ccccc1CNc1nncc(Nc2cc(Cl)ccc2Cl)n1. The van der Waals surface area contributed by atoms with Gasteiger partial charge in [-0.3, -0.25) is 0 Å². The monoisotopic (exact) mass is 359 g/mol. The van der Waals surface area contributed by atoms with Gasteiger partial charge in [0, 0.05) is 11.6 Å². The van der Waals surface area contributed by atoms with Crippen molar-refractivity contribution in [3.05, 3.63) is 69.8 Å². The fourth-order valence-corrected chi connectivity index (χ4v) is 2.49. The molecule has 0 aliphatic carbocycles. The van der Waals surface area contributed by atoms with Gasteiger partial charge in [0.25, 0.3) is 0 Å². The number of rotatable bonds is 5. The quantitative estimate of drug-likeness (QED) is 0.682. The van der Waals surface area contributed by atoms with Gasteiger partial charge >= 0.3 is 0 Å². The summed E-state index contributed by atoms with van der Waals surface area (Å²) in [6, 6.07) is 13.3. The molecule has 1 aromatic heterocycles. The first-order valence-corrected chi connectivity index (χ1v) is 8.07. The Bertz CT molecular complexity index is 854. The molecule has 0 aliphatic rings. The summed E-state index contributed by atoms with van der Waals surface area (Å²) in [6.07, 6.45) is 1.52. The van der Waals surface area contributed by atoms with Gasteiger partial charge < -0.3 is 10.6 Å². The van der Waals surface area contributed by atoms with E-state index in [4.69, 9.17) is 23.2 Å². The van der Waals surface area contributed by atoms with Crippen molar-refractivity contribution in [2.24, 2.45) is 0 Å². The van der Waals surface area contributed by atoms with E-state index in [0.717, 1.165) is 0 Å². The van der Waals surface area contributed by atoms with Gasteiger partial charge in [0.05, 0.1) is 16.9 Å². The van der Waals surface area contributed by atoms with Gasteiger partial charge in [-0.2, -0.15) is 10.1 Å². The third-order valence-corrected chi connectivity index (χ3v) is 4.01. The number of aryl methyl sites for hydroxylation is 1. The predicted molar refractivity (Wildman–Crippen MR) is 98.1 cm³/mol. The fourth-order valence-electron chi connectivity index (χ4n) is 2.15. The van der Waals surface area contributed by atoms with Crippen LogP contribution in [0, 0.1) is 6.92 Å². The first kappa shape index (κ1) is 16.5. The molecule has 0 fully saturated rings. The van der Waals surface area contributed by atoms with E-state index in [1.807, 2.05) is 12.1 Å². The van der Waals surface area contributed by atoms with E-state index in [0.29, 0.717) is 34.0 Å². The molecule has 0 saturated carbocycles. The molecule has 7 heteroatoms. The lowest BCUT2D eigenvalue weighted by Gasteiger charge is -2.10. The summed E-state index contributed by atoms with van der Waals surface area (Å²) < 4.78 is 0. The van der Waals surface area contributed by atoms with Crippen LogP contribution >= 0.6 is 23.2 Å². The van der Waals surface area contributed by atoms with Crippen molar-refractivity contribution >= 4 is 40.7 Å². The number of nitrogens with zero attached hydrogens (tertiary/aromatic N) is 3. The molecule has 0 bridgehead atoms. The van der Waals surface area contributed by atoms with Crippen LogP contribution < -0.4 is 10.6 Å².